The third kappa shape index (κ3) is 3.71. The lowest BCUT2D eigenvalue weighted by atomic mass is 9.84. The van der Waals surface area contributed by atoms with Gasteiger partial charge in [0.05, 0.1) is 6.61 Å². The van der Waals surface area contributed by atoms with Gasteiger partial charge in [0.2, 0.25) is 0 Å². The average Bonchev–Trinajstić information content (AvgIpc) is 2.78. The van der Waals surface area contributed by atoms with E-state index >= 15 is 0 Å². The summed E-state index contributed by atoms with van der Waals surface area (Å²) in [7, 11) is 2.27. The first kappa shape index (κ1) is 15.3. The zero-order chi connectivity index (χ0) is 13.9. The topological polar surface area (TPSA) is 49.5 Å². The van der Waals surface area contributed by atoms with Crippen LogP contribution in [0.15, 0.2) is 0 Å². The van der Waals surface area contributed by atoms with Gasteiger partial charge in [-0.25, -0.2) is 0 Å². The van der Waals surface area contributed by atoms with Crippen LogP contribution in [0.2, 0.25) is 0 Å². The van der Waals surface area contributed by atoms with E-state index in [-0.39, 0.29) is 12.1 Å². The zero-order valence-electron chi connectivity index (χ0n) is 12.8. The van der Waals surface area contributed by atoms with E-state index in [0.717, 1.165) is 31.3 Å². The van der Waals surface area contributed by atoms with E-state index in [4.69, 9.17) is 5.73 Å². The molecule has 2 fully saturated rings. The van der Waals surface area contributed by atoms with Crippen molar-refractivity contribution in [2.24, 2.45) is 17.6 Å². The molecule has 0 radical (unpaired) electrons. The molecule has 4 atom stereocenters. The van der Waals surface area contributed by atoms with Crippen molar-refractivity contribution in [3.05, 3.63) is 0 Å². The Kier molecular flexibility index (Phi) is 5.27. The summed E-state index contributed by atoms with van der Waals surface area (Å²) in [5.41, 5.74) is 6.03. The van der Waals surface area contributed by atoms with Crippen molar-refractivity contribution in [3.63, 3.8) is 0 Å². The van der Waals surface area contributed by atoms with Crippen LogP contribution in [-0.2, 0) is 0 Å². The van der Waals surface area contributed by atoms with Gasteiger partial charge in [-0.2, -0.15) is 0 Å². The van der Waals surface area contributed by atoms with Crippen molar-refractivity contribution in [1.29, 1.82) is 0 Å². The van der Waals surface area contributed by atoms with Crippen LogP contribution >= 0.6 is 0 Å². The van der Waals surface area contributed by atoms with Crippen molar-refractivity contribution in [3.8, 4) is 0 Å². The molecule has 2 aliphatic carbocycles. The van der Waals surface area contributed by atoms with Gasteiger partial charge in [0.1, 0.15) is 0 Å². The fourth-order valence-corrected chi connectivity index (χ4v) is 4.15. The van der Waals surface area contributed by atoms with Gasteiger partial charge < -0.3 is 15.7 Å². The molecule has 3 heteroatoms. The van der Waals surface area contributed by atoms with Crippen molar-refractivity contribution in [2.45, 2.75) is 69.9 Å². The zero-order valence-corrected chi connectivity index (χ0v) is 12.8. The van der Waals surface area contributed by atoms with Crippen LogP contribution < -0.4 is 5.73 Å². The number of rotatable bonds is 5. The van der Waals surface area contributed by atoms with Crippen LogP contribution in [0.1, 0.15) is 58.3 Å². The van der Waals surface area contributed by atoms with Crippen LogP contribution in [-0.4, -0.2) is 41.8 Å². The molecule has 0 amide bonds. The Morgan fingerprint density at radius 2 is 2.05 bits per heavy atom. The summed E-state index contributed by atoms with van der Waals surface area (Å²) in [6, 6.07) is 0.770. The molecular weight excluding hydrogens is 236 g/mol. The summed E-state index contributed by atoms with van der Waals surface area (Å²) >= 11 is 0. The Labute approximate surface area is 118 Å². The SMILES string of the molecule is CC1CCCC(N(C)CCC2CCCC2(N)CO)C1. The fraction of sp³-hybridized carbons (Fsp3) is 1.00. The largest absolute Gasteiger partial charge is 0.394 e. The predicted octanol–water partition coefficient (Wildman–Crippen LogP) is 2.38. The van der Waals surface area contributed by atoms with E-state index in [9.17, 15) is 5.11 Å². The molecule has 0 aliphatic heterocycles. The third-order valence-corrected chi connectivity index (χ3v) is 5.66. The number of aliphatic hydroxyl groups is 1. The highest BCUT2D eigenvalue weighted by molar-refractivity contribution is 4.96. The highest BCUT2D eigenvalue weighted by atomic mass is 16.3. The summed E-state index contributed by atoms with van der Waals surface area (Å²) < 4.78 is 0. The maximum absolute atomic E-state index is 9.51. The molecule has 0 aromatic rings. The molecule has 0 aromatic heterocycles. The van der Waals surface area contributed by atoms with Crippen molar-refractivity contribution in [1.82, 2.24) is 4.90 Å². The lowest BCUT2D eigenvalue weighted by molar-refractivity contribution is 0.125. The molecular formula is C16H32N2O. The molecule has 2 rings (SSSR count). The van der Waals surface area contributed by atoms with E-state index in [2.05, 4.69) is 18.9 Å². The first-order valence-corrected chi connectivity index (χ1v) is 8.15. The first-order valence-electron chi connectivity index (χ1n) is 8.15. The number of hydrogen-bond acceptors (Lipinski definition) is 3. The molecule has 0 heterocycles. The molecule has 0 saturated heterocycles. The Morgan fingerprint density at radius 3 is 2.74 bits per heavy atom. The average molecular weight is 268 g/mol. The van der Waals surface area contributed by atoms with Gasteiger partial charge in [0.15, 0.2) is 0 Å². The predicted molar refractivity (Wildman–Crippen MR) is 80.0 cm³/mol. The van der Waals surface area contributed by atoms with Crippen LogP contribution in [0.3, 0.4) is 0 Å². The Bertz CT molecular complexity index is 284. The van der Waals surface area contributed by atoms with Crippen LogP contribution in [0.4, 0.5) is 0 Å². The second-order valence-electron chi connectivity index (χ2n) is 7.18. The minimum absolute atomic E-state index is 0.155. The smallest absolute Gasteiger partial charge is 0.0613 e. The Balaban J connectivity index is 1.78. The molecule has 4 unspecified atom stereocenters. The minimum atomic E-state index is -0.291. The van der Waals surface area contributed by atoms with Gasteiger partial charge in [-0.3, -0.25) is 0 Å². The van der Waals surface area contributed by atoms with Gasteiger partial charge in [-0.15, -0.1) is 0 Å². The van der Waals surface area contributed by atoms with Crippen molar-refractivity contribution >= 4 is 0 Å². The van der Waals surface area contributed by atoms with Crippen molar-refractivity contribution in [2.75, 3.05) is 20.2 Å². The monoisotopic (exact) mass is 268 g/mol. The highest BCUT2D eigenvalue weighted by Gasteiger charge is 2.38. The normalized spacial score (nSPS) is 39.9. The number of aliphatic hydroxyl groups excluding tert-OH is 1. The molecule has 0 aromatic carbocycles. The van der Waals surface area contributed by atoms with E-state index in [1.807, 2.05) is 0 Å². The Morgan fingerprint density at radius 1 is 1.26 bits per heavy atom. The van der Waals surface area contributed by atoms with Crippen LogP contribution in [0, 0.1) is 11.8 Å². The molecule has 3 nitrogen and oxygen atoms in total. The lowest BCUT2D eigenvalue weighted by Gasteiger charge is -2.36. The van der Waals surface area contributed by atoms with E-state index in [1.54, 1.807) is 0 Å². The van der Waals surface area contributed by atoms with E-state index < -0.39 is 0 Å². The van der Waals surface area contributed by atoms with Crippen molar-refractivity contribution < 1.29 is 5.11 Å². The summed E-state index contributed by atoms with van der Waals surface area (Å²) in [6.45, 7) is 3.68. The molecule has 2 saturated carbocycles. The van der Waals surface area contributed by atoms with E-state index in [0.29, 0.717) is 5.92 Å². The molecule has 2 aliphatic rings. The third-order valence-electron chi connectivity index (χ3n) is 5.66. The summed E-state index contributed by atoms with van der Waals surface area (Å²) in [6.07, 6.45) is 10.0. The van der Waals surface area contributed by atoms with Crippen LogP contribution in [0.25, 0.3) is 0 Å². The van der Waals surface area contributed by atoms with Crippen LogP contribution in [0.5, 0.6) is 0 Å². The maximum atomic E-state index is 9.51. The maximum Gasteiger partial charge on any atom is 0.0613 e. The number of nitrogens with two attached hydrogens (primary N) is 1. The van der Waals surface area contributed by atoms with Gasteiger partial charge in [0, 0.05) is 11.6 Å². The fourth-order valence-electron chi connectivity index (χ4n) is 4.15. The summed E-state index contributed by atoms with van der Waals surface area (Å²) in [5.74, 6) is 1.40. The molecule has 19 heavy (non-hydrogen) atoms. The standard InChI is InChI=1S/C16H32N2O/c1-13-5-3-7-15(11-13)18(2)10-8-14-6-4-9-16(14,17)12-19/h13-15,19H,3-12,17H2,1-2H3. The lowest BCUT2D eigenvalue weighted by Crippen LogP contribution is -2.48. The quantitative estimate of drug-likeness (QED) is 0.805. The van der Waals surface area contributed by atoms with Gasteiger partial charge in [0.25, 0.3) is 0 Å². The minimum Gasteiger partial charge on any atom is -0.394 e. The molecule has 112 valence electrons. The van der Waals surface area contributed by atoms with Gasteiger partial charge in [-0.1, -0.05) is 26.2 Å². The highest BCUT2D eigenvalue weighted by Crippen LogP contribution is 2.36. The van der Waals surface area contributed by atoms with E-state index in [1.165, 1.54) is 38.5 Å². The van der Waals surface area contributed by atoms with Gasteiger partial charge in [-0.05, 0) is 57.5 Å². The Hall–Kier alpha value is -0.120. The summed E-state index contributed by atoms with van der Waals surface area (Å²) in [5, 5.41) is 9.51. The second-order valence-corrected chi connectivity index (χ2v) is 7.18. The number of nitrogens with zero attached hydrogens (tertiary/aromatic N) is 1. The molecule has 0 bridgehead atoms. The second kappa shape index (κ2) is 6.55. The summed E-state index contributed by atoms with van der Waals surface area (Å²) in [4.78, 5) is 2.55. The first-order chi connectivity index (χ1) is 9.05. The molecule has 3 N–H and O–H groups in total. The molecule has 0 spiro atoms. The van der Waals surface area contributed by atoms with Gasteiger partial charge >= 0.3 is 0 Å². The number of hydrogen-bond donors (Lipinski definition) is 2.